The first kappa shape index (κ1) is 28.2. The average Bonchev–Trinajstić information content (AvgIpc) is 3.59. The van der Waals surface area contributed by atoms with Gasteiger partial charge in [0.15, 0.2) is 5.82 Å². The normalized spacial score (nSPS) is 28.7. The minimum Gasteiger partial charge on any atom is -0.486 e. The van der Waals surface area contributed by atoms with E-state index in [1.807, 2.05) is 11.6 Å². The van der Waals surface area contributed by atoms with E-state index in [0.29, 0.717) is 29.2 Å². The van der Waals surface area contributed by atoms with Gasteiger partial charge >= 0.3 is 6.18 Å². The zero-order chi connectivity index (χ0) is 28.8. The van der Waals surface area contributed by atoms with Crippen LogP contribution in [0.4, 0.5) is 13.2 Å². The Bertz CT molecular complexity index is 1340. The van der Waals surface area contributed by atoms with Crippen molar-refractivity contribution < 1.29 is 17.9 Å². The number of hydrogen-bond donors (Lipinski definition) is 0. The molecule has 6 rings (SSSR count). The van der Waals surface area contributed by atoms with Gasteiger partial charge in [-0.1, -0.05) is 17.7 Å². The molecule has 1 aromatic carbocycles. The van der Waals surface area contributed by atoms with E-state index < -0.39 is 11.7 Å². The van der Waals surface area contributed by atoms with Crippen LogP contribution in [0.25, 0.3) is 0 Å². The Labute approximate surface area is 239 Å². The Morgan fingerprint density at radius 3 is 2.59 bits per heavy atom. The summed E-state index contributed by atoms with van der Waals surface area (Å²) in [5.74, 6) is 3.13. The molecular weight excluding hydrogens is 531 g/mol. The molecular formula is C30H40F3N7O. The highest BCUT2D eigenvalue weighted by Crippen LogP contribution is 2.51. The first-order valence-electron chi connectivity index (χ1n) is 14.9. The second kappa shape index (κ2) is 11.0. The quantitative estimate of drug-likeness (QED) is 0.333. The number of ether oxygens (including phenoxy) is 1. The first-order chi connectivity index (χ1) is 19.6. The number of hydrogen-bond acceptors (Lipinski definition) is 6. The summed E-state index contributed by atoms with van der Waals surface area (Å²) in [6.45, 7) is 0.0553. The fourth-order valence-electron chi connectivity index (χ4n) is 7.64. The lowest BCUT2D eigenvalue weighted by Crippen LogP contribution is -2.51. The predicted molar refractivity (Wildman–Crippen MR) is 147 cm³/mol. The van der Waals surface area contributed by atoms with Crippen molar-refractivity contribution in [3.05, 3.63) is 53.4 Å². The predicted octanol–water partition coefficient (Wildman–Crippen LogP) is 6.27. The number of nitrogens with zero attached hydrogens (tertiary/aromatic N) is 7. The van der Waals surface area contributed by atoms with E-state index in [4.69, 9.17) is 4.74 Å². The molecule has 3 aliphatic carbocycles. The molecule has 3 unspecified atom stereocenters. The van der Waals surface area contributed by atoms with Crippen LogP contribution in [0.1, 0.15) is 105 Å². The largest absolute Gasteiger partial charge is 0.486 e. The molecule has 0 spiro atoms. The summed E-state index contributed by atoms with van der Waals surface area (Å²) in [5, 5.41) is 18.0. The molecule has 0 saturated heterocycles. The summed E-state index contributed by atoms with van der Waals surface area (Å²) in [6, 6.07) is 5.24. The van der Waals surface area contributed by atoms with Gasteiger partial charge in [0.1, 0.15) is 18.2 Å². The van der Waals surface area contributed by atoms with Crippen LogP contribution in [0.3, 0.4) is 0 Å². The van der Waals surface area contributed by atoms with Gasteiger partial charge < -0.3 is 14.2 Å². The van der Waals surface area contributed by atoms with Gasteiger partial charge in [0, 0.05) is 30.6 Å². The second-order valence-electron chi connectivity index (χ2n) is 12.6. The van der Waals surface area contributed by atoms with E-state index in [2.05, 4.69) is 50.4 Å². The summed E-state index contributed by atoms with van der Waals surface area (Å²) in [7, 11) is 6.38. The van der Waals surface area contributed by atoms with Crippen LogP contribution >= 0.6 is 0 Å². The molecule has 3 aromatic rings. The van der Waals surface area contributed by atoms with E-state index >= 15 is 0 Å². The van der Waals surface area contributed by atoms with Crippen molar-refractivity contribution in [1.29, 1.82) is 0 Å². The molecule has 3 aliphatic rings. The van der Waals surface area contributed by atoms with Gasteiger partial charge in [-0.15, -0.1) is 15.3 Å². The van der Waals surface area contributed by atoms with Crippen LogP contribution in [-0.4, -0.2) is 54.3 Å². The third kappa shape index (κ3) is 5.61. The zero-order valence-corrected chi connectivity index (χ0v) is 24.1. The van der Waals surface area contributed by atoms with E-state index in [0.717, 1.165) is 43.6 Å². The van der Waals surface area contributed by atoms with Gasteiger partial charge in [-0.05, 0) is 96.0 Å². The smallest absolute Gasteiger partial charge is 0.416 e. The van der Waals surface area contributed by atoms with Crippen molar-refractivity contribution in [2.75, 3.05) is 14.1 Å². The molecule has 3 saturated carbocycles. The Balaban J connectivity index is 1.04. The fourth-order valence-corrected chi connectivity index (χ4v) is 7.64. The van der Waals surface area contributed by atoms with Gasteiger partial charge in [-0.2, -0.15) is 13.2 Å². The summed E-state index contributed by atoms with van der Waals surface area (Å²) in [4.78, 5) is 2.47. The molecule has 0 radical (unpaired) electrons. The Morgan fingerprint density at radius 2 is 1.83 bits per heavy atom. The molecule has 3 atom stereocenters. The van der Waals surface area contributed by atoms with Gasteiger partial charge in [0.2, 0.25) is 0 Å². The lowest BCUT2D eigenvalue weighted by atomic mass is 9.61. The lowest BCUT2D eigenvalue weighted by Gasteiger charge is -2.52. The highest BCUT2D eigenvalue weighted by Gasteiger charge is 2.46. The summed E-state index contributed by atoms with van der Waals surface area (Å²) in [5.41, 5.74) is 0.812. The lowest BCUT2D eigenvalue weighted by molar-refractivity contribution is -0.137. The highest BCUT2D eigenvalue weighted by atomic mass is 19.4. The number of benzene rings is 1. The van der Waals surface area contributed by atoms with Gasteiger partial charge in [0.25, 0.3) is 0 Å². The van der Waals surface area contributed by atoms with E-state index in [1.165, 1.54) is 56.4 Å². The molecule has 0 N–H and O–H groups in total. The van der Waals surface area contributed by atoms with Gasteiger partial charge in [-0.3, -0.25) is 0 Å². The number of halogens is 3. The van der Waals surface area contributed by atoms with Gasteiger partial charge in [-0.25, -0.2) is 4.68 Å². The molecule has 0 aliphatic heterocycles. The molecule has 2 bridgehead atoms. The number of alkyl halides is 3. The number of rotatable bonds is 7. The molecule has 3 fully saturated rings. The second-order valence-corrected chi connectivity index (χ2v) is 12.6. The maximum absolute atomic E-state index is 13.0. The van der Waals surface area contributed by atoms with E-state index in [9.17, 15) is 13.2 Å². The Morgan fingerprint density at radius 1 is 1.02 bits per heavy atom. The molecule has 0 amide bonds. The Hall–Kier alpha value is -2.95. The van der Waals surface area contributed by atoms with Crippen LogP contribution in [0.15, 0.2) is 30.5 Å². The maximum atomic E-state index is 13.0. The third-order valence-electron chi connectivity index (χ3n) is 10.2. The van der Waals surface area contributed by atoms with Crippen LogP contribution in [0, 0.1) is 5.92 Å². The Kier molecular flexibility index (Phi) is 7.59. The maximum Gasteiger partial charge on any atom is 0.416 e. The number of aromatic nitrogens is 6. The molecule has 41 heavy (non-hydrogen) atoms. The van der Waals surface area contributed by atoms with Crippen molar-refractivity contribution in [2.45, 2.75) is 100 Å². The molecule has 2 aromatic heterocycles. The minimum atomic E-state index is -4.41. The molecule has 222 valence electrons. The minimum absolute atomic E-state index is 0.0553. The van der Waals surface area contributed by atoms with Crippen molar-refractivity contribution in [1.82, 2.24) is 34.7 Å². The summed E-state index contributed by atoms with van der Waals surface area (Å²) >= 11 is 0. The first-order valence-corrected chi connectivity index (χ1v) is 14.9. The topological polar surface area (TPSA) is 73.9 Å². The van der Waals surface area contributed by atoms with Crippen LogP contribution in [-0.2, 0) is 19.8 Å². The van der Waals surface area contributed by atoms with E-state index in [1.54, 1.807) is 0 Å². The molecule has 11 heteroatoms. The molecule has 8 nitrogen and oxygen atoms in total. The van der Waals surface area contributed by atoms with Crippen molar-refractivity contribution in [3.8, 4) is 5.75 Å². The van der Waals surface area contributed by atoms with Crippen LogP contribution in [0.5, 0.6) is 5.75 Å². The monoisotopic (exact) mass is 571 g/mol. The highest BCUT2D eigenvalue weighted by molar-refractivity contribution is 5.30. The van der Waals surface area contributed by atoms with E-state index in [-0.39, 0.29) is 18.3 Å². The van der Waals surface area contributed by atoms with Crippen LogP contribution in [0.2, 0.25) is 0 Å². The number of fused-ring (bicyclic) bond motifs is 2. The third-order valence-corrected chi connectivity index (χ3v) is 10.2. The summed E-state index contributed by atoms with van der Waals surface area (Å²) < 4.78 is 48.7. The van der Waals surface area contributed by atoms with Crippen molar-refractivity contribution in [2.24, 2.45) is 13.0 Å². The fraction of sp³-hybridized carbons (Fsp3) is 0.667. The molecule has 2 heterocycles. The van der Waals surface area contributed by atoms with Crippen LogP contribution < -0.4 is 4.74 Å². The zero-order valence-electron chi connectivity index (χ0n) is 24.1. The van der Waals surface area contributed by atoms with Crippen molar-refractivity contribution in [3.63, 3.8) is 0 Å². The standard InChI is InChI=1S/C30H40F3N7O/c1-38(2)29-14-5-6-21(17-29)25(13-15-29)26-18-40(37-34-26)23-11-9-20(10-12-23)28-36-35-27(39(28)3)19-41-24-8-4-7-22(16-24)30(31,32)33/h4,7-8,16,18,20-21,23,25H,5-6,9-15,17,19H2,1-3H3. The SMILES string of the molecule is CN(C)C12CCCC(C1)C(c1cn(C3CCC(c4nnc(COc5cccc(C(F)(F)F)c5)n4C)CC3)nn1)CC2. The summed E-state index contributed by atoms with van der Waals surface area (Å²) in [6.07, 6.45) is 9.36. The average molecular weight is 572 g/mol. The van der Waals surface area contributed by atoms with Crippen molar-refractivity contribution >= 4 is 0 Å². The van der Waals surface area contributed by atoms with Gasteiger partial charge in [0.05, 0.1) is 17.3 Å².